The van der Waals surface area contributed by atoms with Gasteiger partial charge in [-0.05, 0) is 66.7 Å². The molecule has 5 aromatic carbocycles. The summed E-state index contributed by atoms with van der Waals surface area (Å²) in [5.74, 6) is 0.226. The lowest BCUT2D eigenvalue weighted by Gasteiger charge is -2.26. The first kappa shape index (κ1) is 37.0. The van der Waals surface area contributed by atoms with E-state index in [1.165, 1.54) is 18.2 Å². The molecule has 306 valence electrons. The largest absolute Gasteiger partial charge is 0.497 e. The van der Waals surface area contributed by atoms with Crippen LogP contribution in [0.5, 0.6) is 5.75 Å². The van der Waals surface area contributed by atoms with Gasteiger partial charge in [-0.3, -0.25) is 20.2 Å². The van der Waals surface area contributed by atoms with Crippen molar-refractivity contribution in [3.8, 4) is 45.6 Å². The summed E-state index contributed by atoms with van der Waals surface area (Å²) in [4.78, 5) is 39.3. The van der Waals surface area contributed by atoms with Crippen LogP contribution in [-0.2, 0) is 13.6 Å². The molecule has 0 fully saturated rings. The average molecular weight is 898 g/mol. The van der Waals surface area contributed by atoms with Gasteiger partial charge in [-0.1, -0.05) is 58.4 Å². The van der Waals surface area contributed by atoms with Crippen molar-refractivity contribution >= 4 is 76.5 Å². The van der Waals surface area contributed by atoms with Crippen LogP contribution in [-0.4, -0.2) is 45.6 Å². The predicted molar refractivity (Wildman–Crippen MR) is 243 cm³/mol. The first-order chi connectivity index (χ1) is 30.6. The second-order valence-electron chi connectivity index (χ2n) is 15.9. The Morgan fingerprint density at radius 1 is 0.778 bits per heavy atom. The fraction of sp³-hybridized carbons (Fsp3) is 0.104. The van der Waals surface area contributed by atoms with Gasteiger partial charge in [0.25, 0.3) is 11.7 Å². The number of methoxy groups -OCH3 is 1. The minimum Gasteiger partial charge on any atom is -0.497 e. The van der Waals surface area contributed by atoms with Crippen molar-refractivity contribution in [3.63, 3.8) is 0 Å². The number of aryl methyl sites for hydroxylation is 1. The summed E-state index contributed by atoms with van der Waals surface area (Å²) in [5.41, 5.74) is 9.33. The van der Waals surface area contributed by atoms with Crippen molar-refractivity contribution in [2.75, 3.05) is 7.11 Å². The van der Waals surface area contributed by atoms with Crippen molar-refractivity contribution in [2.24, 2.45) is 7.05 Å². The molecule has 0 saturated carbocycles. The lowest BCUT2D eigenvalue weighted by Crippen LogP contribution is -2.18. The number of para-hydroxylation sites is 2. The van der Waals surface area contributed by atoms with Gasteiger partial charge < -0.3 is 18.4 Å². The van der Waals surface area contributed by atoms with Crippen LogP contribution < -0.4 is 4.74 Å². The summed E-state index contributed by atoms with van der Waals surface area (Å²) in [6.07, 6.45) is 0.944. The van der Waals surface area contributed by atoms with E-state index in [0.717, 1.165) is 76.5 Å². The molecule has 13 nitrogen and oxygen atoms in total. The number of benzene rings is 5. The number of aromatic nitrogens is 6. The number of ether oxygens (including phenoxy) is 1. The summed E-state index contributed by atoms with van der Waals surface area (Å²) < 4.78 is 28.0. The highest BCUT2D eigenvalue weighted by atomic mass is 79.9. The summed E-state index contributed by atoms with van der Waals surface area (Å²) in [5, 5.41) is 29.1. The van der Waals surface area contributed by atoms with Crippen molar-refractivity contribution < 1.29 is 19.0 Å². The summed E-state index contributed by atoms with van der Waals surface area (Å²) in [7, 11) is 3.37. The van der Waals surface area contributed by atoms with Gasteiger partial charge in [-0.25, -0.2) is 19.3 Å². The van der Waals surface area contributed by atoms with E-state index >= 15 is 4.39 Å². The molecule has 7 aliphatic rings. The molecule has 1 aliphatic carbocycles. The average Bonchev–Trinajstić information content (AvgIpc) is 3.98. The van der Waals surface area contributed by atoms with Crippen LogP contribution in [0.15, 0.2) is 119 Å². The first-order valence-corrected chi connectivity index (χ1v) is 20.8. The van der Waals surface area contributed by atoms with Crippen LogP contribution >= 0.6 is 15.9 Å². The van der Waals surface area contributed by atoms with Gasteiger partial charge in [0.15, 0.2) is 0 Å². The Labute approximate surface area is 363 Å². The first-order valence-electron chi connectivity index (χ1n) is 20.1. The number of nitro groups is 2. The third-order valence-electron chi connectivity index (χ3n) is 12.6. The zero-order chi connectivity index (χ0) is 43.0. The SMILES string of the molecule is COc1ccc2c(c1)cc1nc3ccccc3c-1n2Cc1c2nc3ccccc3c-2n(-c2c3nc4c(c-3n(C)c3cc(F)ccc23)C=C([N+](=O)[O-])CC4[N+](=O)[O-])c2cc(Br)ccc12. The lowest BCUT2D eigenvalue weighted by molar-refractivity contribution is -0.537. The monoisotopic (exact) mass is 896 g/mol. The minimum absolute atomic E-state index is 0.112. The molecule has 0 N–H and O–H groups in total. The van der Waals surface area contributed by atoms with E-state index in [9.17, 15) is 20.2 Å². The molecule has 0 radical (unpaired) electrons. The van der Waals surface area contributed by atoms with E-state index < -0.39 is 28.1 Å². The molecule has 12 rings (SSSR count). The predicted octanol–water partition coefficient (Wildman–Crippen LogP) is 11.2. The zero-order valence-electron chi connectivity index (χ0n) is 33.3. The maximum absolute atomic E-state index is 15.4. The second-order valence-corrected chi connectivity index (χ2v) is 16.8. The number of pyridine rings is 3. The van der Waals surface area contributed by atoms with E-state index in [4.69, 9.17) is 19.7 Å². The zero-order valence-corrected chi connectivity index (χ0v) is 34.9. The fourth-order valence-electron chi connectivity index (χ4n) is 9.84. The summed E-state index contributed by atoms with van der Waals surface area (Å²) in [6.45, 7) is 0.377. The van der Waals surface area contributed by atoms with Crippen molar-refractivity contribution in [1.82, 2.24) is 28.7 Å². The van der Waals surface area contributed by atoms with Crippen LogP contribution in [0.1, 0.15) is 29.3 Å². The quantitative estimate of drug-likeness (QED) is 0.118. The Kier molecular flexibility index (Phi) is 7.85. The van der Waals surface area contributed by atoms with Crippen LogP contribution in [0, 0.1) is 26.0 Å². The third kappa shape index (κ3) is 5.29. The Morgan fingerprint density at radius 3 is 2.29 bits per heavy atom. The van der Waals surface area contributed by atoms with Gasteiger partial charge in [0.2, 0.25) is 0 Å². The fourth-order valence-corrected chi connectivity index (χ4v) is 10.2. The molecular weight excluding hydrogens is 867 g/mol. The highest BCUT2D eigenvalue weighted by Crippen LogP contribution is 2.50. The number of halogens is 2. The standard InChI is InChI=1S/C48H30BrFN8O5/c1-54-39-20-26(50)12-15-32(39)48(44-46(54)33-21-27(57(59)60)22-41(58(61)62)42(33)53-44)56-40-19-25(49)11-14-29(40)34(43-47(56)31-8-4-6-10-36(31)52-43)23-55-38-16-13-28(63-2)17-24(38)18-37-45(55)30-7-3-5-9-35(30)51-37/h3-21,41H,22-23H2,1-2H3. The van der Waals surface area contributed by atoms with Gasteiger partial charge in [0.05, 0.1) is 74.8 Å². The van der Waals surface area contributed by atoms with Crippen molar-refractivity contribution in [2.45, 2.75) is 19.0 Å². The minimum atomic E-state index is -1.47. The van der Waals surface area contributed by atoms with E-state index in [-0.39, 0.29) is 17.0 Å². The van der Waals surface area contributed by atoms with Gasteiger partial charge in [0, 0.05) is 66.1 Å². The molecule has 15 heteroatoms. The maximum Gasteiger partial charge on any atom is 0.265 e. The molecule has 0 saturated heterocycles. The topological polar surface area (TPSA) is 149 Å². The Hall–Kier alpha value is -7.78. The van der Waals surface area contributed by atoms with Gasteiger partial charge >= 0.3 is 0 Å². The number of hydrogen-bond donors (Lipinski definition) is 0. The second kappa shape index (κ2) is 13.4. The van der Waals surface area contributed by atoms with Crippen molar-refractivity contribution in [3.05, 3.63) is 162 Å². The lowest BCUT2D eigenvalue weighted by atomic mass is 9.95. The Morgan fingerprint density at radius 2 is 1.52 bits per heavy atom. The normalized spacial score (nSPS) is 14.2. The molecule has 63 heavy (non-hydrogen) atoms. The van der Waals surface area contributed by atoms with Crippen LogP contribution in [0.2, 0.25) is 0 Å². The summed E-state index contributed by atoms with van der Waals surface area (Å²) >= 11 is 3.78. The number of fused-ring (bicyclic) bond motifs is 12. The van der Waals surface area contributed by atoms with E-state index in [0.29, 0.717) is 40.2 Å². The van der Waals surface area contributed by atoms with Gasteiger partial charge in [0.1, 0.15) is 29.4 Å². The Balaban J connectivity index is 1.24. The smallest absolute Gasteiger partial charge is 0.265 e. The molecule has 5 aromatic rings. The van der Waals surface area contributed by atoms with Crippen molar-refractivity contribution in [1.29, 1.82) is 0 Å². The van der Waals surface area contributed by atoms with E-state index in [2.05, 4.69) is 49.3 Å². The molecule has 0 bridgehead atoms. The van der Waals surface area contributed by atoms with Gasteiger partial charge in [-0.15, -0.1) is 0 Å². The molecule has 0 aromatic heterocycles. The maximum atomic E-state index is 15.4. The highest BCUT2D eigenvalue weighted by Gasteiger charge is 2.42. The number of rotatable bonds is 6. The van der Waals surface area contributed by atoms with Crippen LogP contribution in [0.3, 0.4) is 0 Å². The summed E-state index contributed by atoms with van der Waals surface area (Å²) in [6, 6.07) is 33.2. The molecular formula is C48H30BrFN8O5. The molecule has 0 spiro atoms. The Bertz CT molecular complexity index is 3760. The van der Waals surface area contributed by atoms with Crippen LogP contribution in [0.25, 0.3) is 100 Å². The molecule has 1 unspecified atom stereocenters. The van der Waals surface area contributed by atoms with Crippen LogP contribution in [0.4, 0.5) is 4.39 Å². The molecule has 1 atom stereocenters. The molecule has 6 aliphatic heterocycles. The van der Waals surface area contributed by atoms with E-state index in [1.54, 1.807) is 24.8 Å². The molecule has 6 heterocycles. The highest BCUT2D eigenvalue weighted by molar-refractivity contribution is 9.10. The molecule has 0 amide bonds. The third-order valence-corrected chi connectivity index (χ3v) is 13.1. The van der Waals surface area contributed by atoms with E-state index in [1.807, 2.05) is 66.7 Å². The number of hydrogen-bond acceptors (Lipinski definition) is 8. The van der Waals surface area contributed by atoms with Gasteiger partial charge in [-0.2, -0.15) is 0 Å². The number of nitrogens with zero attached hydrogens (tertiary/aromatic N) is 8.